The summed E-state index contributed by atoms with van der Waals surface area (Å²) >= 11 is 0. The van der Waals surface area contributed by atoms with E-state index in [9.17, 15) is 0 Å². The van der Waals surface area contributed by atoms with Crippen LogP contribution < -0.4 is 5.73 Å². The molecule has 68 valence electrons. The summed E-state index contributed by atoms with van der Waals surface area (Å²) in [7, 11) is 0. The Kier molecular flexibility index (Phi) is 1.62. The predicted octanol–water partition coefficient (Wildman–Crippen LogP) is 1.40. The normalized spacial score (nSPS) is 10.6. The van der Waals surface area contributed by atoms with Crippen molar-refractivity contribution in [2.45, 2.75) is 13.8 Å². The summed E-state index contributed by atoms with van der Waals surface area (Å²) in [5.74, 6) is 1.56. The van der Waals surface area contributed by atoms with E-state index in [4.69, 9.17) is 5.73 Å². The van der Waals surface area contributed by atoms with E-state index < -0.39 is 0 Å². The molecule has 0 unspecified atom stereocenters. The number of aromatic amines is 1. The Bertz CT molecular complexity index is 425. The molecule has 0 saturated heterocycles. The smallest absolute Gasteiger partial charge is 0.133 e. The maximum atomic E-state index is 5.58. The summed E-state index contributed by atoms with van der Waals surface area (Å²) in [5, 5.41) is 4.32. The minimum absolute atomic E-state index is 0.655. The zero-order valence-corrected chi connectivity index (χ0v) is 7.70. The van der Waals surface area contributed by atoms with Gasteiger partial charge in [-0.3, -0.25) is 0 Å². The average Bonchev–Trinajstić information content (AvgIpc) is 2.58. The van der Waals surface area contributed by atoms with Gasteiger partial charge in [-0.25, -0.2) is 4.68 Å². The van der Waals surface area contributed by atoms with E-state index >= 15 is 0 Å². The van der Waals surface area contributed by atoms with E-state index in [0.29, 0.717) is 5.82 Å². The van der Waals surface area contributed by atoms with Crippen molar-refractivity contribution in [3.63, 3.8) is 0 Å². The highest BCUT2D eigenvalue weighted by molar-refractivity contribution is 5.39. The second-order valence-electron chi connectivity index (χ2n) is 3.14. The van der Waals surface area contributed by atoms with Crippen LogP contribution in [0.5, 0.6) is 0 Å². The van der Waals surface area contributed by atoms with Gasteiger partial charge in [0.15, 0.2) is 0 Å². The Morgan fingerprint density at radius 2 is 2.15 bits per heavy atom. The number of hydrogen-bond acceptors (Lipinski definition) is 2. The maximum Gasteiger partial charge on any atom is 0.133 e. The molecule has 0 aromatic carbocycles. The van der Waals surface area contributed by atoms with E-state index in [2.05, 4.69) is 10.1 Å². The highest BCUT2D eigenvalue weighted by Gasteiger charge is 2.04. The molecule has 3 N–H and O–H groups in total. The predicted molar refractivity (Wildman–Crippen MR) is 51.8 cm³/mol. The highest BCUT2D eigenvalue weighted by atomic mass is 15.3. The van der Waals surface area contributed by atoms with Crippen molar-refractivity contribution in [2.75, 3.05) is 5.73 Å². The number of aryl methyl sites for hydroxylation is 2. The molecule has 0 aliphatic rings. The zero-order valence-electron chi connectivity index (χ0n) is 7.70. The van der Waals surface area contributed by atoms with Crippen LogP contribution in [0.3, 0.4) is 0 Å². The molecule has 0 fully saturated rings. The molecule has 2 heterocycles. The Balaban J connectivity index is 2.51. The van der Waals surface area contributed by atoms with Crippen LogP contribution in [0, 0.1) is 13.8 Å². The van der Waals surface area contributed by atoms with Gasteiger partial charge in [0.05, 0.1) is 5.69 Å². The molecule has 0 aliphatic heterocycles. The summed E-state index contributed by atoms with van der Waals surface area (Å²) in [4.78, 5) is 3.02. The molecule has 2 rings (SSSR count). The van der Waals surface area contributed by atoms with Gasteiger partial charge in [0, 0.05) is 5.69 Å². The van der Waals surface area contributed by atoms with Crippen LogP contribution in [0.1, 0.15) is 11.4 Å². The van der Waals surface area contributed by atoms with Crippen molar-refractivity contribution in [2.24, 2.45) is 0 Å². The van der Waals surface area contributed by atoms with Gasteiger partial charge in [-0.15, -0.1) is 0 Å². The molecule has 4 heteroatoms. The molecule has 0 spiro atoms. The fourth-order valence-corrected chi connectivity index (χ4v) is 1.40. The van der Waals surface area contributed by atoms with Gasteiger partial charge < -0.3 is 10.7 Å². The topological polar surface area (TPSA) is 59.6 Å². The second-order valence-corrected chi connectivity index (χ2v) is 3.14. The Morgan fingerprint density at radius 3 is 2.62 bits per heavy atom. The van der Waals surface area contributed by atoms with Crippen LogP contribution in [0.2, 0.25) is 0 Å². The Labute approximate surface area is 76.4 Å². The van der Waals surface area contributed by atoms with Crippen LogP contribution in [0.25, 0.3) is 5.82 Å². The van der Waals surface area contributed by atoms with Gasteiger partial charge in [-0.2, -0.15) is 5.10 Å². The number of H-pyrrole nitrogens is 1. The first-order valence-electron chi connectivity index (χ1n) is 4.15. The number of aromatic nitrogens is 3. The van der Waals surface area contributed by atoms with E-state index in [1.165, 1.54) is 0 Å². The molecule has 2 aromatic heterocycles. The Hall–Kier alpha value is -1.71. The minimum Gasteiger partial charge on any atom is -0.385 e. The molecule has 0 amide bonds. The summed E-state index contributed by atoms with van der Waals surface area (Å²) in [6.45, 7) is 3.98. The molecule has 2 aromatic rings. The Morgan fingerprint density at radius 1 is 1.38 bits per heavy atom. The molecule has 4 nitrogen and oxygen atoms in total. The second kappa shape index (κ2) is 2.65. The van der Waals surface area contributed by atoms with Crippen LogP contribution in [-0.2, 0) is 0 Å². The van der Waals surface area contributed by atoms with Gasteiger partial charge in [0.25, 0.3) is 0 Å². The summed E-state index contributed by atoms with van der Waals surface area (Å²) in [6, 6.07) is 5.76. The number of rotatable bonds is 1. The van der Waals surface area contributed by atoms with E-state index in [1.807, 2.05) is 36.7 Å². The van der Waals surface area contributed by atoms with E-state index in [0.717, 1.165) is 17.2 Å². The third kappa shape index (κ3) is 1.30. The molecular weight excluding hydrogens is 164 g/mol. The zero-order chi connectivity index (χ0) is 9.42. The van der Waals surface area contributed by atoms with Crippen molar-refractivity contribution >= 4 is 5.82 Å². The maximum absolute atomic E-state index is 5.58. The van der Waals surface area contributed by atoms with Gasteiger partial charge in [-0.05, 0) is 32.0 Å². The van der Waals surface area contributed by atoms with E-state index in [1.54, 1.807) is 0 Å². The van der Waals surface area contributed by atoms with E-state index in [-0.39, 0.29) is 0 Å². The molecular formula is C9H12N4. The summed E-state index contributed by atoms with van der Waals surface area (Å²) < 4.78 is 1.84. The van der Waals surface area contributed by atoms with Crippen molar-refractivity contribution in [1.29, 1.82) is 0 Å². The van der Waals surface area contributed by atoms with Crippen molar-refractivity contribution in [1.82, 2.24) is 14.8 Å². The van der Waals surface area contributed by atoms with Crippen molar-refractivity contribution < 1.29 is 0 Å². The summed E-state index contributed by atoms with van der Waals surface area (Å²) in [6.07, 6.45) is 0. The molecule has 0 radical (unpaired) electrons. The van der Waals surface area contributed by atoms with Gasteiger partial charge >= 0.3 is 0 Å². The number of nitrogens with zero attached hydrogens (tertiary/aromatic N) is 2. The van der Waals surface area contributed by atoms with Gasteiger partial charge in [0.2, 0.25) is 0 Å². The third-order valence-electron chi connectivity index (χ3n) is 1.93. The van der Waals surface area contributed by atoms with Crippen molar-refractivity contribution in [3.8, 4) is 5.82 Å². The first kappa shape index (κ1) is 7.91. The lowest BCUT2D eigenvalue weighted by Crippen LogP contribution is -1.99. The lowest BCUT2D eigenvalue weighted by atomic mass is 10.4. The van der Waals surface area contributed by atoms with Crippen LogP contribution in [0.4, 0.5) is 5.82 Å². The number of nitrogens with one attached hydrogen (secondary N) is 1. The number of nitrogens with two attached hydrogens (primary N) is 1. The first-order chi connectivity index (χ1) is 6.16. The quantitative estimate of drug-likeness (QED) is 0.690. The number of nitrogen functional groups attached to an aromatic ring is 1. The lowest BCUT2D eigenvalue weighted by molar-refractivity contribution is 0.813. The largest absolute Gasteiger partial charge is 0.385 e. The number of hydrogen-bond donors (Lipinski definition) is 2. The molecule has 0 aliphatic carbocycles. The number of anilines is 1. The van der Waals surface area contributed by atoms with Gasteiger partial charge in [0.1, 0.15) is 11.6 Å². The SMILES string of the molecule is Cc1cc(C)n(-c2ccc(N)[nH]2)n1. The molecule has 0 atom stereocenters. The van der Waals surface area contributed by atoms with Crippen LogP contribution in [0.15, 0.2) is 18.2 Å². The van der Waals surface area contributed by atoms with Crippen LogP contribution in [-0.4, -0.2) is 14.8 Å². The fourth-order valence-electron chi connectivity index (χ4n) is 1.40. The third-order valence-corrected chi connectivity index (χ3v) is 1.93. The first-order valence-corrected chi connectivity index (χ1v) is 4.15. The van der Waals surface area contributed by atoms with Gasteiger partial charge in [-0.1, -0.05) is 0 Å². The fraction of sp³-hybridized carbons (Fsp3) is 0.222. The highest BCUT2D eigenvalue weighted by Crippen LogP contribution is 2.11. The minimum atomic E-state index is 0.655. The standard InChI is InChI=1S/C9H12N4/c1-6-5-7(2)13(12-6)9-4-3-8(10)11-9/h3-5,11H,10H2,1-2H3. The lowest BCUT2D eigenvalue weighted by Gasteiger charge is -1.99. The molecule has 13 heavy (non-hydrogen) atoms. The van der Waals surface area contributed by atoms with Crippen LogP contribution >= 0.6 is 0 Å². The monoisotopic (exact) mass is 176 g/mol. The average molecular weight is 176 g/mol. The molecule has 0 bridgehead atoms. The summed E-state index contributed by atoms with van der Waals surface area (Å²) in [5.41, 5.74) is 7.68. The molecule has 0 saturated carbocycles. The van der Waals surface area contributed by atoms with Crippen molar-refractivity contribution in [3.05, 3.63) is 29.6 Å².